The number of fused-ring (bicyclic) bond motifs is 1. The molecule has 0 radical (unpaired) electrons. The van der Waals surface area contributed by atoms with E-state index in [0.29, 0.717) is 29.5 Å². The minimum absolute atomic E-state index is 0.0735. The molecule has 1 amide bonds. The first-order valence-corrected chi connectivity index (χ1v) is 10.2. The van der Waals surface area contributed by atoms with E-state index in [1.54, 1.807) is 18.2 Å². The van der Waals surface area contributed by atoms with Gasteiger partial charge in [0.25, 0.3) is 5.91 Å². The van der Waals surface area contributed by atoms with E-state index in [4.69, 9.17) is 9.47 Å². The molecule has 0 bridgehead atoms. The molecule has 0 unspecified atom stereocenters. The lowest BCUT2D eigenvalue weighted by molar-refractivity contribution is 0.0934. The molecule has 3 heterocycles. The normalized spacial score (nSPS) is 16.6. The zero-order valence-corrected chi connectivity index (χ0v) is 16.7. The summed E-state index contributed by atoms with van der Waals surface area (Å²) >= 11 is 0. The maximum absolute atomic E-state index is 12.4. The van der Waals surface area contributed by atoms with E-state index in [2.05, 4.69) is 22.5 Å². The number of benzene rings is 1. The maximum atomic E-state index is 12.4. The third-order valence-electron chi connectivity index (χ3n) is 5.71. The minimum atomic E-state index is -0.0735. The van der Waals surface area contributed by atoms with Gasteiger partial charge in [-0.2, -0.15) is 5.26 Å². The smallest absolute Gasteiger partial charge is 0.251 e. The molecule has 2 aromatic rings. The molecule has 0 atom stereocenters. The maximum Gasteiger partial charge on any atom is 0.251 e. The van der Waals surface area contributed by atoms with Crippen molar-refractivity contribution in [3.8, 4) is 17.6 Å². The van der Waals surface area contributed by atoms with Gasteiger partial charge in [0.1, 0.15) is 11.8 Å². The van der Waals surface area contributed by atoms with Gasteiger partial charge >= 0.3 is 0 Å². The number of nitrogens with one attached hydrogen (secondary N) is 1. The standard InChI is InChI=1S/C22H26N4O3/c1-2-26-14-17(9-19(26)11-23)13-25-7-5-16(6-8-25)12-24-22(27)18-3-4-20-21(10-18)29-15-28-20/h3-4,9-10,14,16H,2,5-8,12-13,15H2,1H3,(H,24,27). The number of aryl methyl sites for hydroxylation is 1. The van der Waals surface area contributed by atoms with E-state index in [-0.39, 0.29) is 12.7 Å². The average Bonchev–Trinajstić information content (AvgIpc) is 3.38. The quantitative estimate of drug-likeness (QED) is 0.815. The zero-order chi connectivity index (χ0) is 20.2. The summed E-state index contributed by atoms with van der Waals surface area (Å²) in [5.74, 6) is 1.72. The number of hydrogen-bond donors (Lipinski definition) is 1. The fraction of sp³-hybridized carbons (Fsp3) is 0.455. The van der Waals surface area contributed by atoms with Crippen LogP contribution in [0.15, 0.2) is 30.5 Å². The molecule has 1 fully saturated rings. The molecule has 1 aromatic heterocycles. The highest BCUT2D eigenvalue weighted by Crippen LogP contribution is 2.32. The van der Waals surface area contributed by atoms with Crippen molar-refractivity contribution >= 4 is 5.91 Å². The van der Waals surface area contributed by atoms with Gasteiger partial charge in [-0.05, 0) is 68.6 Å². The molecule has 4 rings (SSSR count). The summed E-state index contributed by atoms with van der Waals surface area (Å²) in [5.41, 5.74) is 2.52. The summed E-state index contributed by atoms with van der Waals surface area (Å²) in [7, 11) is 0. The molecule has 0 saturated carbocycles. The van der Waals surface area contributed by atoms with Gasteiger partial charge in [0.15, 0.2) is 11.5 Å². The number of nitriles is 1. The fourth-order valence-electron chi connectivity index (χ4n) is 3.99. The summed E-state index contributed by atoms with van der Waals surface area (Å²) in [6.45, 7) is 6.64. The molecule has 7 heteroatoms. The van der Waals surface area contributed by atoms with Crippen LogP contribution in [0.2, 0.25) is 0 Å². The van der Waals surface area contributed by atoms with Crippen LogP contribution in [0.3, 0.4) is 0 Å². The van der Waals surface area contributed by atoms with Gasteiger partial charge in [0.05, 0.1) is 0 Å². The highest BCUT2D eigenvalue weighted by molar-refractivity contribution is 5.94. The lowest BCUT2D eigenvalue weighted by Gasteiger charge is -2.31. The van der Waals surface area contributed by atoms with E-state index in [0.717, 1.165) is 44.7 Å². The Morgan fingerprint density at radius 2 is 2.03 bits per heavy atom. The summed E-state index contributed by atoms with van der Waals surface area (Å²) in [6, 6.07) is 9.52. The van der Waals surface area contributed by atoms with Gasteiger partial charge in [-0.3, -0.25) is 9.69 Å². The number of amides is 1. The molecular weight excluding hydrogens is 368 g/mol. The van der Waals surface area contributed by atoms with E-state index in [9.17, 15) is 10.1 Å². The Hall–Kier alpha value is -2.98. The highest BCUT2D eigenvalue weighted by atomic mass is 16.7. The summed E-state index contributed by atoms with van der Waals surface area (Å²) in [6.07, 6.45) is 4.19. The van der Waals surface area contributed by atoms with E-state index in [1.165, 1.54) is 5.56 Å². The summed E-state index contributed by atoms with van der Waals surface area (Å²) in [5, 5.41) is 12.3. The van der Waals surface area contributed by atoms with Gasteiger partial charge in [-0.1, -0.05) is 0 Å². The van der Waals surface area contributed by atoms with Crippen molar-refractivity contribution in [3.05, 3.63) is 47.3 Å². The largest absolute Gasteiger partial charge is 0.454 e. The van der Waals surface area contributed by atoms with Crippen LogP contribution in [0.25, 0.3) is 0 Å². The van der Waals surface area contributed by atoms with Crippen LogP contribution in [0.4, 0.5) is 0 Å². The molecule has 0 aliphatic carbocycles. The predicted octanol–water partition coefficient (Wildman–Crippen LogP) is 2.75. The number of rotatable bonds is 6. The van der Waals surface area contributed by atoms with Crippen LogP contribution >= 0.6 is 0 Å². The first-order chi connectivity index (χ1) is 14.2. The van der Waals surface area contributed by atoms with Gasteiger partial charge in [-0.15, -0.1) is 0 Å². The molecule has 152 valence electrons. The van der Waals surface area contributed by atoms with Crippen molar-refractivity contribution in [1.82, 2.24) is 14.8 Å². The molecule has 2 aliphatic rings. The number of hydrogen-bond acceptors (Lipinski definition) is 5. The van der Waals surface area contributed by atoms with Crippen LogP contribution < -0.4 is 14.8 Å². The second-order valence-electron chi connectivity index (χ2n) is 7.63. The van der Waals surface area contributed by atoms with Gasteiger partial charge in [0.2, 0.25) is 6.79 Å². The van der Waals surface area contributed by atoms with Gasteiger partial charge < -0.3 is 19.4 Å². The van der Waals surface area contributed by atoms with E-state index < -0.39 is 0 Å². The lowest BCUT2D eigenvalue weighted by atomic mass is 9.96. The van der Waals surface area contributed by atoms with Crippen LogP contribution in [-0.2, 0) is 13.1 Å². The molecule has 1 aromatic carbocycles. The van der Waals surface area contributed by atoms with Crippen molar-refractivity contribution in [2.24, 2.45) is 5.92 Å². The topological polar surface area (TPSA) is 79.5 Å². The number of aromatic nitrogens is 1. The molecule has 7 nitrogen and oxygen atoms in total. The fourth-order valence-corrected chi connectivity index (χ4v) is 3.99. The van der Waals surface area contributed by atoms with Crippen LogP contribution in [0.5, 0.6) is 11.5 Å². The third kappa shape index (κ3) is 4.38. The van der Waals surface area contributed by atoms with E-state index in [1.807, 2.05) is 17.6 Å². The Morgan fingerprint density at radius 3 is 2.76 bits per heavy atom. The molecular formula is C22H26N4O3. The Labute approximate surface area is 170 Å². The summed E-state index contributed by atoms with van der Waals surface area (Å²) in [4.78, 5) is 14.9. The Morgan fingerprint density at radius 1 is 1.24 bits per heavy atom. The Balaban J connectivity index is 1.23. The first kappa shape index (κ1) is 19.3. The molecule has 1 saturated heterocycles. The summed E-state index contributed by atoms with van der Waals surface area (Å²) < 4.78 is 12.6. The second kappa shape index (κ2) is 8.58. The lowest BCUT2D eigenvalue weighted by Crippen LogP contribution is -2.38. The van der Waals surface area contributed by atoms with Gasteiger partial charge in [0, 0.05) is 31.4 Å². The molecule has 0 spiro atoms. The highest BCUT2D eigenvalue weighted by Gasteiger charge is 2.21. The number of ether oxygens (including phenoxy) is 2. The van der Waals surface area contributed by atoms with Crippen LogP contribution in [0, 0.1) is 17.2 Å². The number of carbonyl (C=O) groups is 1. The average molecular weight is 394 g/mol. The third-order valence-corrected chi connectivity index (χ3v) is 5.71. The number of piperidine rings is 1. The molecule has 29 heavy (non-hydrogen) atoms. The van der Waals surface area contributed by atoms with Crippen molar-refractivity contribution in [3.63, 3.8) is 0 Å². The number of carbonyl (C=O) groups excluding carboxylic acids is 1. The Kier molecular flexibility index (Phi) is 5.72. The number of likely N-dealkylation sites (tertiary alicyclic amines) is 1. The molecule has 2 aliphatic heterocycles. The number of nitrogens with zero attached hydrogens (tertiary/aromatic N) is 3. The van der Waals surface area contributed by atoms with E-state index >= 15 is 0 Å². The van der Waals surface area contributed by atoms with Crippen molar-refractivity contribution < 1.29 is 14.3 Å². The van der Waals surface area contributed by atoms with Crippen LogP contribution in [-0.4, -0.2) is 41.8 Å². The minimum Gasteiger partial charge on any atom is -0.454 e. The van der Waals surface area contributed by atoms with Crippen molar-refractivity contribution in [1.29, 1.82) is 5.26 Å². The van der Waals surface area contributed by atoms with Gasteiger partial charge in [-0.25, -0.2) is 0 Å². The zero-order valence-electron chi connectivity index (χ0n) is 16.7. The van der Waals surface area contributed by atoms with Crippen LogP contribution in [0.1, 0.15) is 41.4 Å². The monoisotopic (exact) mass is 394 g/mol. The van der Waals surface area contributed by atoms with Crippen molar-refractivity contribution in [2.75, 3.05) is 26.4 Å². The second-order valence-corrected chi connectivity index (χ2v) is 7.63. The predicted molar refractivity (Wildman–Crippen MR) is 108 cm³/mol. The molecule has 1 N–H and O–H groups in total. The SMILES string of the molecule is CCn1cc(CN2CCC(CNC(=O)c3ccc4c(c3)OCO4)CC2)cc1C#N. The first-order valence-electron chi connectivity index (χ1n) is 10.2. The van der Waals surface area contributed by atoms with Crippen molar-refractivity contribution in [2.45, 2.75) is 32.9 Å². The Bertz CT molecular complexity index is 923.